The molecule has 0 saturated carbocycles. The molecule has 0 aromatic heterocycles. The molecule has 1 heterocycles. The number of carbonyl (C=O) groups is 1. The van der Waals surface area contributed by atoms with Crippen LogP contribution in [-0.2, 0) is 4.79 Å². The van der Waals surface area contributed by atoms with E-state index in [4.69, 9.17) is 5.84 Å². The molecule has 0 radical (unpaired) electrons. The zero-order valence-corrected chi connectivity index (χ0v) is 9.83. The van der Waals surface area contributed by atoms with Gasteiger partial charge in [-0.15, -0.1) is 0 Å². The summed E-state index contributed by atoms with van der Waals surface area (Å²) in [7, 11) is 0. The van der Waals surface area contributed by atoms with Gasteiger partial charge in [-0.05, 0) is 38.8 Å². The molecule has 1 unspecified atom stereocenters. The fourth-order valence-electron chi connectivity index (χ4n) is 2.32. The van der Waals surface area contributed by atoms with E-state index in [1.54, 1.807) is 0 Å². The summed E-state index contributed by atoms with van der Waals surface area (Å²) in [6.45, 7) is 6.21. The Labute approximate surface area is 92.2 Å². The van der Waals surface area contributed by atoms with Crippen molar-refractivity contribution in [3.63, 3.8) is 0 Å². The maximum Gasteiger partial charge on any atom is 0.250 e. The molecule has 88 valence electrons. The number of piperidine rings is 1. The molecule has 1 aliphatic heterocycles. The fourth-order valence-corrected chi connectivity index (χ4v) is 2.32. The zero-order chi connectivity index (χ0) is 11.3. The van der Waals surface area contributed by atoms with Gasteiger partial charge in [-0.2, -0.15) is 0 Å². The molecule has 4 heteroatoms. The Morgan fingerprint density at radius 3 is 2.60 bits per heavy atom. The highest BCUT2D eigenvalue weighted by atomic mass is 16.2. The summed E-state index contributed by atoms with van der Waals surface area (Å²) in [5.41, 5.74) is 2.22. The van der Waals surface area contributed by atoms with Crippen LogP contribution in [-0.4, -0.2) is 29.9 Å². The van der Waals surface area contributed by atoms with Gasteiger partial charge in [0.1, 0.15) is 0 Å². The van der Waals surface area contributed by atoms with E-state index >= 15 is 0 Å². The van der Waals surface area contributed by atoms with Crippen LogP contribution >= 0.6 is 0 Å². The third-order valence-corrected chi connectivity index (χ3v) is 3.42. The van der Waals surface area contributed by atoms with E-state index in [9.17, 15) is 4.79 Å². The van der Waals surface area contributed by atoms with Crippen molar-refractivity contribution in [1.29, 1.82) is 0 Å². The third kappa shape index (κ3) is 3.47. The lowest BCUT2D eigenvalue weighted by atomic mass is 9.92. The van der Waals surface area contributed by atoms with Gasteiger partial charge in [0.15, 0.2) is 0 Å². The van der Waals surface area contributed by atoms with Crippen LogP contribution in [0.4, 0.5) is 0 Å². The molecule has 0 aliphatic carbocycles. The van der Waals surface area contributed by atoms with Crippen LogP contribution in [0.5, 0.6) is 0 Å². The summed E-state index contributed by atoms with van der Waals surface area (Å²) in [6, 6.07) is -0.0856. The van der Waals surface area contributed by atoms with Crippen molar-refractivity contribution >= 4 is 5.91 Å². The summed E-state index contributed by atoms with van der Waals surface area (Å²) < 4.78 is 0. The number of hydrogen-bond donors (Lipinski definition) is 2. The summed E-state index contributed by atoms with van der Waals surface area (Å²) >= 11 is 0. The van der Waals surface area contributed by atoms with Gasteiger partial charge >= 0.3 is 0 Å². The molecule has 0 aromatic rings. The van der Waals surface area contributed by atoms with Crippen molar-refractivity contribution in [2.24, 2.45) is 11.8 Å². The Morgan fingerprint density at radius 1 is 1.53 bits per heavy atom. The van der Waals surface area contributed by atoms with Crippen LogP contribution in [0.2, 0.25) is 0 Å². The van der Waals surface area contributed by atoms with Gasteiger partial charge in [0.2, 0.25) is 0 Å². The second-order valence-electron chi connectivity index (χ2n) is 4.45. The Bertz CT molecular complexity index is 200. The van der Waals surface area contributed by atoms with Crippen molar-refractivity contribution in [2.75, 3.05) is 13.1 Å². The first-order valence-corrected chi connectivity index (χ1v) is 5.93. The molecule has 1 saturated heterocycles. The van der Waals surface area contributed by atoms with Crippen LogP contribution in [0.1, 0.15) is 39.5 Å². The highest BCUT2D eigenvalue weighted by molar-refractivity contribution is 5.80. The quantitative estimate of drug-likeness (QED) is 0.414. The van der Waals surface area contributed by atoms with Gasteiger partial charge in [-0.3, -0.25) is 15.1 Å². The topological polar surface area (TPSA) is 58.4 Å². The average molecular weight is 213 g/mol. The number of carbonyl (C=O) groups excluding carboxylic acids is 1. The molecule has 4 nitrogen and oxygen atoms in total. The lowest BCUT2D eigenvalue weighted by molar-refractivity contribution is -0.126. The smallest absolute Gasteiger partial charge is 0.250 e. The monoisotopic (exact) mass is 213 g/mol. The highest BCUT2D eigenvalue weighted by Gasteiger charge is 2.25. The molecule has 3 N–H and O–H groups in total. The van der Waals surface area contributed by atoms with Crippen LogP contribution in [0.25, 0.3) is 0 Å². The summed E-state index contributed by atoms with van der Waals surface area (Å²) in [5, 5.41) is 0. The predicted octanol–water partition coefficient (Wildman–Crippen LogP) is 0.877. The zero-order valence-electron chi connectivity index (χ0n) is 9.83. The largest absolute Gasteiger partial charge is 0.293 e. The maximum atomic E-state index is 11.3. The number of rotatable bonds is 4. The fraction of sp³-hybridized carbons (Fsp3) is 0.909. The van der Waals surface area contributed by atoms with Gasteiger partial charge in [0, 0.05) is 0 Å². The maximum absolute atomic E-state index is 11.3. The molecular weight excluding hydrogens is 190 g/mol. The molecule has 1 aliphatic rings. The number of amides is 1. The summed E-state index contributed by atoms with van der Waals surface area (Å²) in [6.07, 6.45) is 5.03. The molecule has 1 fully saturated rings. The van der Waals surface area contributed by atoms with Crippen LogP contribution in [0.3, 0.4) is 0 Å². The van der Waals surface area contributed by atoms with Crippen molar-refractivity contribution in [1.82, 2.24) is 10.3 Å². The second-order valence-corrected chi connectivity index (χ2v) is 4.45. The standard InChI is InChI=1S/C11H23N3O/c1-3-4-10-5-7-14(8-6-10)9(2)11(15)13-12/h9-10H,3-8,12H2,1-2H3,(H,13,15). The molecule has 1 rings (SSSR count). The van der Waals surface area contributed by atoms with E-state index in [-0.39, 0.29) is 11.9 Å². The number of likely N-dealkylation sites (tertiary alicyclic amines) is 1. The molecule has 0 bridgehead atoms. The Balaban J connectivity index is 2.33. The minimum absolute atomic E-state index is 0.0797. The van der Waals surface area contributed by atoms with Crippen molar-refractivity contribution < 1.29 is 4.79 Å². The minimum Gasteiger partial charge on any atom is -0.293 e. The summed E-state index contributed by atoms with van der Waals surface area (Å²) in [4.78, 5) is 13.6. The van der Waals surface area contributed by atoms with E-state index in [1.807, 2.05) is 6.92 Å². The average Bonchev–Trinajstić information content (AvgIpc) is 2.28. The van der Waals surface area contributed by atoms with Crippen LogP contribution in [0.15, 0.2) is 0 Å². The van der Waals surface area contributed by atoms with Gasteiger partial charge in [0.05, 0.1) is 6.04 Å². The lowest BCUT2D eigenvalue weighted by Gasteiger charge is -2.35. The number of hydrogen-bond acceptors (Lipinski definition) is 3. The molecule has 0 spiro atoms. The Hall–Kier alpha value is -0.610. The predicted molar refractivity (Wildman–Crippen MR) is 61.0 cm³/mol. The number of nitrogens with two attached hydrogens (primary N) is 1. The number of hydrazine groups is 1. The number of nitrogens with one attached hydrogen (secondary N) is 1. The first kappa shape index (κ1) is 12.5. The van der Waals surface area contributed by atoms with Crippen molar-refractivity contribution in [3.05, 3.63) is 0 Å². The first-order valence-electron chi connectivity index (χ1n) is 5.93. The molecule has 15 heavy (non-hydrogen) atoms. The van der Waals surface area contributed by atoms with E-state index in [2.05, 4.69) is 17.2 Å². The van der Waals surface area contributed by atoms with E-state index in [0.29, 0.717) is 0 Å². The van der Waals surface area contributed by atoms with Gasteiger partial charge in [-0.1, -0.05) is 19.8 Å². The van der Waals surface area contributed by atoms with Gasteiger partial charge < -0.3 is 0 Å². The van der Waals surface area contributed by atoms with Crippen LogP contribution in [0, 0.1) is 5.92 Å². The molecule has 0 aromatic carbocycles. The minimum atomic E-state index is -0.0856. The van der Waals surface area contributed by atoms with Gasteiger partial charge in [0.25, 0.3) is 5.91 Å². The lowest BCUT2D eigenvalue weighted by Crippen LogP contribution is -2.49. The number of nitrogens with zero attached hydrogens (tertiary/aromatic N) is 1. The van der Waals surface area contributed by atoms with Crippen LogP contribution < -0.4 is 11.3 Å². The molecule has 1 atom stereocenters. The summed E-state index contributed by atoms with van der Waals surface area (Å²) in [5.74, 6) is 5.91. The van der Waals surface area contributed by atoms with Crippen molar-refractivity contribution in [3.8, 4) is 0 Å². The third-order valence-electron chi connectivity index (χ3n) is 3.42. The Kier molecular flexibility index (Phi) is 5.05. The van der Waals surface area contributed by atoms with Crippen molar-refractivity contribution in [2.45, 2.75) is 45.6 Å². The molecule has 1 amide bonds. The Morgan fingerprint density at radius 2 is 2.13 bits per heavy atom. The normalized spacial score (nSPS) is 21.3. The van der Waals surface area contributed by atoms with E-state index in [1.165, 1.54) is 25.7 Å². The SMILES string of the molecule is CCCC1CCN(C(C)C(=O)NN)CC1. The van der Waals surface area contributed by atoms with E-state index < -0.39 is 0 Å². The first-order chi connectivity index (χ1) is 7.19. The molecular formula is C11H23N3O. The van der Waals surface area contributed by atoms with Gasteiger partial charge in [-0.25, -0.2) is 5.84 Å². The second kappa shape index (κ2) is 6.08. The highest BCUT2D eigenvalue weighted by Crippen LogP contribution is 2.22. The van der Waals surface area contributed by atoms with E-state index in [0.717, 1.165) is 19.0 Å².